The van der Waals surface area contributed by atoms with Gasteiger partial charge in [-0.2, -0.15) is 0 Å². The molecule has 8 heteroatoms. The Morgan fingerprint density at radius 1 is 0.621 bits per heavy atom. The van der Waals surface area contributed by atoms with Crippen molar-refractivity contribution in [3.8, 4) is 0 Å². The molecule has 0 aromatic heterocycles. The van der Waals surface area contributed by atoms with Gasteiger partial charge in [0, 0.05) is 22.3 Å². The Morgan fingerprint density at radius 3 is 1.24 bits per heavy atom. The SMILES string of the molecule is C=C(C)C(=O)OCC(C)OC(=O)C(=C)C.C=C(C)C(=O)OCCOC(=O)C(=C)C. The lowest BCUT2D eigenvalue weighted by Crippen LogP contribution is -2.22. The number of carbonyl (C=O) groups excluding carboxylic acids is 4. The van der Waals surface area contributed by atoms with Gasteiger partial charge in [0.2, 0.25) is 0 Å². The average Bonchev–Trinajstić information content (AvgIpc) is 2.62. The summed E-state index contributed by atoms with van der Waals surface area (Å²) in [6, 6.07) is 0. The summed E-state index contributed by atoms with van der Waals surface area (Å²) in [5.74, 6) is -1.96. The maximum atomic E-state index is 11.1. The molecule has 0 heterocycles. The van der Waals surface area contributed by atoms with E-state index in [0.717, 1.165) is 0 Å². The van der Waals surface area contributed by atoms with Crippen molar-refractivity contribution in [2.75, 3.05) is 19.8 Å². The van der Waals surface area contributed by atoms with E-state index in [4.69, 9.17) is 9.47 Å². The Labute approximate surface area is 171 Å². The van der Waals surface area contributed by atoms with Gasteiger partial charge >= 0.3 is 23.9 Å². The lowest BCUT2D eigenvalue weighted by molar-refractivity contribution is -0.152. The highest BCUT2D eigenvalue weighted by Crippen LogP contribution is 2.01. The molecule has 0 rings (SSSR count). The minimum absolute atomic E-state index is 0.0186. The summed E-state index contributed by atoms with van der Waals surface area (Å²) in [5.41, 5.74) is 1.26. The Hall–Kier alpha value is -3.16. The minimum Gasteiger partial charge on any atom is -0.459 e. The van der Waals surface area contributed by atoms with Crippen LogP contribution in [0.4, 0.5) is 0 Å². The van der Waals surface area contributed by atoms with Crippen molar-refractivity contribution in [3.63, 3.8) is 0 Å². The lowest BCUT2D eigenvalue weighted by Gasteiger charge is -2.13. The van der Waals surface area contributed by atoms with Crippen LogP contribution in [-0.2, 0) is 38.1 Å². The molecule has 0 bridgehead atoms. The van der Waals surface area contributed by atoms with Gasteiger partial charge in [0.15, 0.2) is 0 Å². The molecule has 0 radical (unpaired) electrons. The fourth-order valence-corrected chi connectivity index (χ4v) is 1.15. The summed E-state index contributed by atoms with van der Waals surface area (Å²) in [6.45, 7) is 21.6. The maximum absolute atomic E-state index is 11.1. The third kappa shape index (κ3) is 15.6. The molecular formula is C21H30O8. The first-order valence-corrected chi connectivity index (χ1v) is 8.63. The molecule has 0 saturated carbocycles. The molecule has 8 nitrogen and oxygen atoms in total. The van der Waals surface area contributed by atoms with Crippen molar-refractivity contribution in [1.29, 1.82) is 0 Å². The van der Waals surface area contributed by atoms with Crippen LogP contribution in [0.5, 0.6) is 0 Å². The summed E-state index contributed by atoms with van der Waals surface area (Å²) in [6.07, 6.45) is -0.488. The van der Waals surface area contributed by atoms with Crippen LogP contribution in [0, 0.1) is 0 Å². The minimum atomic E-state index is -0.492. The Kier molecular flexibility index (Phi) is 14.4. The first kappa shape index (κ1) is 28.1. The van der Waals surface area contributed by atoms with E-state index in [9.17, 15) is 19.2 Å². The molecule has 0 amide bonds. The second-order valence-electron chi connectivity index (χ2n) is 6.21. The lowest BCUT2D eigenvalue weighted by atomic mass is 10.3. The van der Waals surface area contributed by atoms with Crippen molar-refractivity contribution >= 4 is 23.9 Å². The summed E-state index contributed by atoms with van der Waals surface area (Å²) in [4.78, 5) is 43.7. The normalized spacial score (nSPS) is 10.2. The predicted octanol–water partition coefficient (Wildman–Crippen LogP) is 2.84. The molecule has 0 aliphatic carbocycles. The molecule has 0 N–H and O–H groups in total. The predicted molar refractivity (Wildman–Crippen MR) is 108 cm³/mol. The fraction of sp³-hybridized carbons (Fsp3) is 0.429. The van der Waals surface area contributed by atoms with E-state index in [1.54, 1.807) is 34.6 Å². The van der Waals surface area contributed by atoms with E-state index in [1.807, 2.05) is 0 Å². The van der Waals surface area contributed by atoms with Gasteiger partial charge in [-0.25, -0.2) is 19.2 Å². The van der Waals surface area contributed by atoms with Gasteiger partial charge in [-0.1, -0.05) is 26.3 Å². The van der Waals surface area contributed by atoms with E-state index in [2.05, 4.69) is 35.8 Å². The average molecular weight is 410 g/mol. The van der Waals surface area contributed by atoms with Crippen molar-refractivity contribution in [2.45, 2.75) is 40.7 Å². The highest BCUT2D eigenvalue weighted by atomic mass is 16.6. The highest BCUT2D eigenvalue weighted by molar-refractivity contribution is 5.88. The van der Waals surface area contributed by atoms with Gasteiger partial charge < -0.3 is 18.9 Å². The quantitative estimate of drug-likeness (QED) is 0.234. The van der Waals surface area contributed by atoms with Gasteiger partial charge in [0.25, 0.3) is 0 Å². The number of ether oxygens (including phenoxy) is 4. The first-order chi connectivity index (χ1) is 13.3. The number of esters is 4. The summed E-state index contributed by atoms with van der Waals surface area (Å²) < 4.78 is 19.1. The molecule has 0 aliphatic heterocycles. The zero-order valence-electron chi connectivity index (χ0n) is 17.8. The first-order valence-electron chi connectivity index (χ1n) is 8.63. The molecule has 0 saturated heterocycles. The van der Waals surface area contributed by atoms with Crippen molar-refractivity contribution in [2.24, 2.45) is 0 Å². The third-order valence-electron chi connectivity index (χ3n) is 2.70. The number of hydrogen-bond acceptors (Lipinski definition) is 8. The Morgan fingerprint density at radius 2 is 0.931 bits per heavy atom. The van der Waals surface area contributed by atoms with Crippen LogP contribution in [0.3, 0.4) is 0 Å². The van der Waals surface area contributed by atoms with Crippen LogP contribution in [0.2, 0.25) is 0 Å². The third-order valence-corrected chi connectivity index (χ3v) is 2.70. The largest absolute Gasteiger partial charge is 0.459 e. The van der Waals surface area contributed by atoms with Crippen molar-refractivity contribution in [1.82, 2.24) is 0 Å². The fourth-order valence-electron chi connectivity index (χ4n) is 1.15. The second kappa shape index (κ2) is 14.8. The second-order valence-corrected chi connectivity index (χ2v) is 6.21. The molecule has 29 heavy (non-hydrogen) atoms. The van der Waals surface area contributed by atoms with Crippen LogP contribution in [0.25, 0.3) is 0 Å². The van der Waals surface area contributed by atoms with Gasteiger partial charge in [0.05, 0.1) is 0 Å². The van der Waals surface area contributed by atoms with Crippen LogP contribution in [0.1, 0.15) is 34.6 Å². The summed E-state index contributed by atoms with van der Waals surface area (Å²) in [7, 11) is 0. The number of carbonyl (C=O) groups is 4. The molecule has 0 spiro atoms. The van der Waals surface area contributed by atoms with Gasteiger partial charge in [-0.05, 0) is 34.6 Å². The molecule has 1 atom stereocenters. The molecule has 0 aromatic carbocycles. The standard InChI is InChI=1S/C11H16O4.C10H14O4/c1-7(2)10(12)14-6-9(5)15-11(13)8(3)4;1-7(2)9(11)13-5-6-14-10(12)8(3)4/h9H,1,3,6H2,2,4-5H3;1,3,5-6H2,2,4H3. The van der Waals surface area contributed by atoms with Crippen LogP contribution in [-0.4, -0.2) is 49.8 Å². The van der Waals surface area contributed by atoms with Crippen LogP contribution >= 0.6 is 0 Å². The van der Waals surface area contributed by atoms with E-state index in [-0.39, 0.29) is 19.8 Å². The van der Waals surface area contributed by atoms with Crippen LogP contribution in [0.15, 0.2) is 48.6 Å². The zero-order valence-corrected chi connectivity index (χ0v) is 17.8. The van der Waals surface area contributed by atoms with Crippen molar-refractivity contribution in [3.05, 3.63) is 48.6 Å². The van der Waals surface area contributed by atoms with Gasteiger partial charge in [0.1, 0.15) is 25.9 Å². The van der Waals surface area contributed by atoms with E-state index >= 15 is 0 Å². The number of hydrogen-bond donors (Lipinski definition) is 0. The van der Waals surface area contributed by atoms with Gasteiger partial charge in [-0.15, -0.1) is 0 Å². The van der Waals surface area contributed by atoms with E-state index in [1.165, 1.54) is 0 Å². The molecule has 162 valence electrons. The zero-order chi connectivity index (χ0) is 23.1. The molecular weight excluding hydrogens is 380 g/mol. The van der Waals surface area contributed by atoms with Gasteiger partial charge in [-0.3, -0.25) is 0 Å². The van der Waals surface area contributed by atoms with Crippen molar-refractivity contribution < 1.29 is 38.1 Å². The molecule has 0 aliphatic rings. The topological polar surface area (TPSA) is 105 Å². The Balaban J connectivity index is 0. The van der Waals surface area contributed by atoms with Crippen LogP contribution < -0.4 is 0 Å². The van der Waals surface area contributed by atoms with E-state index in [0.29, 0.717) is 22.3 Å². The summed E-state index contributed by atoms with van der Waals surface area (Å²) >= 11 is 0. The molecule has 0 aromatic rings. The smallest absolute Gasteiger partial charge is 0.333 e. The van der Waals surface area contributed by atoms with E-state index < -0.39 is 30.0 Å². The molecule has 1 unspecified atom stereocenters. The number of rotatable bonds is 10. The molecule has 0 fully saturated rings. The highest BCUT2D eigenvalue weighted by Gasteiger charge is 2.12. The summed E-state index contributed by atoms with van der Waals surface area (Å²) in [5, 5.41) is 0. The monoisotopic (exact) mass is 410 g/mol. The maximum Gasteiger partial charge on any atom is 0.333 e. The Bertz CT molecular complexity index is 644.